The largest absolute Gasteiger partial charge is 0.495 e. The zero-order valence-electron chi connectivity index (χ0n) is 22.1. The van der Waals surface area contributed by atoms with Crippen molar-refractivity contribution in [1.29, 1.82) is 0 Å². The van der Waals surface area contributed by atoms with Crippen LogP contribution >= 0.6 is 11.8 Å². The minimum Gasteiger partial charge on any atom is -0.495 e. The lowest BCUT2D eigenvalue weighted by molar-refractivity contribution is -0.137. The monoisotopic (exact) mass is 592 g/mol. The summed E-state index contributed by atoms with van der Waals surface area (Å²) in [6.07, 6.45) is -3.13. The number of nitrogens with zero attached hydrogens (tertiary/aromatic N) is 1. The van der Waals surface area contributed by atoms with Crippen LogP contribution in [-0.4, -0.2) is 35.6 Å². The highest BCUT2D eigenvalue weighted by Gasteiger charge is 2.37. The third kappa shape index (κ3) is 6.26. The first-order valence-electron chi connectivity index (χ1n) is 12.6. The number of methoxy groups -OCH3 is 1. The molecule has 4 aromatic rings. The highest BCUT2D eigenvalue weighted by atomic mass is 32.2. The van der Waals surface area contributed by atoms with Crippen LogP contribution in [-0.2, 0) is 22.4 Å². The van der Waals surface area contributed by atoms with Crippen LogP contribution in [0, 0.1) is 0 Å². The number of hydrogen-bond donors (Lipinski definition) is 1. The molecule has 0 spiro atoms. The summed E-state index contributed by atoms with van der Waals surface area (Å²) in [5.41, 5.74) is 0.305. The number of rotatable bonds is 8. The SMILES string of the molecule is COc1ccc(C(F)(F)F)cc1NC(=O)CN1C(=O)S/C(=C\c2ccccc2OCc2cccc3ccccc23)C1=O. The minimum absolute atomic E-state index is 0.00880. The fourth-order valence-corrected chi connectivity index (χ4v) is 5.23. The van der Waals surface area contributed by atoms with E-state index in [-0.39, 0.29) is 22.9 Å². The van der Waals surface area contributed by atoms with Gasteiger partial charge in [0.1, 0.15) is 24.7 Å². The quantitative estimate of drug-likeness (QED) is 0.219. The summed E-state index contributed by atoms with van der Waals surface area (Å²) in [7, 11) is 1.24. The average Bonchev–Trinajstić information content (AvgIpc) is 3.23. The summed E-state index contributed by atoms with van der Waals surface area (Å²) >= 11 is 0.653. The summed E-state index contributed by atoms with van der Waals surface area (Å²) in [5.74, 6) is -1.09. The first-order valence-corrected chi connectivity index (χ1v) is 13.4. The Bertz CT molecular complexity index is 1720. The van der Waals surface area contributed by atoms with Crippen LogP contribution in [0.4, 0.5) is 23.7 Å². The second-order valence-corrected chi connectivity index (χ2v) is 10.2. The Kier molecular flexibility index (Phi) is 8.21. The van der Waals surface area contributed by atoms with Crippen molar-refractivity contribution >= 4 is 51.4 Å². The van der Waals surface area contributed by atoms with Gasteiger partial charge in [-0.2, -0.15) is 13.2 Å². The van der Waals surface area contributed by atoms with Crippen molar-refractivity contribution in [1.82, 2.24) is 4.90 Å². The molecule has 0 aliphatic carbocycles. The van der Waals surface area contributed by atoms with Crippen LogP contribution in [0.1, 0.15) is 16.7 Å². The predicted octanol–water partition coefficient (Wildman–Crippen LogP) is 7.12. The van der Waals surface area contributed by atoms with E-state index in [0.29, 0.717) is 23.1 Å². The lowest BCUT2D eigenvalue weighted by atomic mass is 10.1. The van der Waals surface area contributed by atoms with E-state index in [2.05, 4.69) is 5.32 Å². The Labute approximate surface area is 242 Å². The fourth-order valence-electron chi connectivity index (χ4n) is 4.40. The molecule has 0 unspecified atom stereocenters. The van der Waals surface area contributed by atoms with Crippen molar-refractivity contribution in [3.63, 3.8) is 0 Å². The number of amides is 3. The van der Waals surface area contributed by atoms with Gasteiger partial charge in [0, 0.05) is 5.56 Å². The lowest BCUT2D eigenvalue weighted by Gasteiger charge is -2.16. The summed E-state index contributed by atoms with van der Waals surface area (Å²) in [6.45, 7) is -0.423. The summed E-state index contributed by atoms with van der Waals surface area (Å²) in [4.78, 5) is 39.2. The average molecular weight is 593 g/mol. The second-order valence-electron chi connectivity index (χ2n) is 9.19. The topological polar surface area (TPSA) is 84.9 Å². The predicted molar refractivity (Wildman–Crippen MR) is 154 cm³/mol. The molecule has 1 aliphatic heterocycles. The van der Waals surface area contributed by atoms with Gasteiger partial charge in [-0.15, -0.1) is 0 Å². The number of carbonyl (C=O) groups excluding carboxylic acids is 3. The number of nitrogens with one attached hydrogen (secondary N) is 1. The van der Waals surface area contributed by atoms with E-state index in [1.165, 1.54) is 13.2 Å². The number of halogens is 3. The summed E-state index contributed by atoms with van der Waals surface area (Å²) in [5, 5.41) is 3.75. The van der Waals surface area contributed by atoms with Crippen LogP contribution in [0.15, 0.2) is 89.8 Å². The number of para-hydroxylation sites is 1. The molecular weight excluding hydrogens is 569 g/mol. The van der Waals surface area contributed by atoms with Crippen molar-refractivity contribution in [3.8, 4) is 11.5 Å². The first-order chi connectivity index (χ1) is 20.1. The maximum atomic E-state index is 13.1. The number of fused-ring (bicyclic) bond motifs is 1. The van der Waals surface area contributed by atoms with Crippen LogP contribution in [0.5, 0.6) is 11.5 Å². The van der Waals surface area contributed by atoms with Gasteiger partial charge in [-0.05, 0) is 58.4 Å². The molecule has 0 saturated carbocycles. The van der Waals surface area contributed by atoms with Gasteiger partial charge < -0.3 is 14.8 Å². The van der Waals surface area contributed by atoms with Crippen LogP contribution in [0.2, 0.25) is 0 Å². The maximum absolute atomic E-state index is 13.1. The molecule has 4 aromatic carbocycles. The molecule has 1 heterocycles. The molecule has 42 heavy (non-hydrogen) atoms. The van der Waals surface area contributed by atoms with Gasteiger partial charge in [-0.25, -0.2) is 0 Å². The zero-order chi connectivity index (χ0) is 29.9. The molecule has 0 atom stereocenters. The van der Waals surface area contributed by atoms with Crippen molar-refractivity contribution in [2.45, 2.75) is 12.8 Å². The maximum Gasteiger partial charge on any atom is 0.416 e. The number of hydrogen-bond acceptors (Lipinski definition) is 6. The smallest absolute Gasteiger partial charge is 0.416 e. The Morgan fingerprint density at radius 3 is 2.48 bits per heavy atom. The standard InChI is InChI=1S/C31H23F3N2O5S/c1-40-26-14-13-22(31(32,33)34)16-24(26)35-28(37)17-36-29(38)27(42-30(36)39)15-20-8-3-5-12-25(20)41-18-21-10-6-9-19-7-2-4-11-23(19)21/h2-16H,17-18H2,1H3,(H,35,37)/b27-15-. The van der Waals surface area contributed by atoms with E-state index >= 15 is 0 Å². The number of anilines is 1. The molecule has 214 valence electrons. The number of alkyl halides is 3. The Hall–Kier alpha value is -4.77. The number of imide groups is 1. The minimum atomic E-state index is -4.64. The molecular formula is C31H23F3N2O5S. The summed E-state index contributed by atoms with van der Waals surface area (Å²) < 4.78 is 50.6. The molecule has 0 radical (unpaired) electrons. The fraction of sp³-hybridized carbons (Fsp3) is 0.129. The van der Waals surface area contributed by atoms with Gasteiger partial charge in [0.15, 0.2) is 0 Å². The normalized spacial score (nSPS) is 14.5. The molecule has 1 fully saturated rings. The molecule has 11 heteroatoms. The van der Waals surface area contributed by atoms with Crippen LogP contribution < -0.4 is 14.8 Å². The molecule has 0 aromatic heterocycles. The number of benzene rings is 4. The van der Waals surface area contributed by atoms with E-state index in [0.717, 1.165) is 39.4 Å². The van der Waals surface area contributed by atoms with E-state index in [1.54, 1.807) is 24.3 Å². The molecule has 1 N–H and O–H groups in total. The van der Waals surface area contributed by atoms with Gasteiger partial charge >= 0.3 is 6.18 Å². The Balaban J connectivity index is 1.30. The Morgan fingerprint density at radius 1 is 0.952 bits per heavy atom. The number of thioether (sulfide) groups is 1. The van der Waals surface area contributed by atoms with Gasteiger partial charge in [0.2, 0.25) is 5.91 Å². The van der Waals surface area contributed by atoms with Crippen molar-refractivity contribution in [2.75, 3.05) is 19.0 Å². The molecule has 0 bridgehead atoms. The molecule has 3 amide bonds. The van der Waals surface area contributed by atoms with Crippen LogP contribution in [0.3, 0.4) is 0 Å². The van der Waals surface area contributed by atoms with E-state index < -0.39 is 35.3 Å². The van der Waals surface area contributed by atoms with E-state index in [1.807, 2.05) is 42.5 Å². The third-order valence-corrected chi connectivity index (χ3v) is 7.35. The zero-order valence-corrected chi connectivity index (χ0v) is 22.9. The van der Waals surface area contributed by atoms with E-state index in [4.69, 9.17) is 9.47 Å². The van der Waals surface area contributed by atoms with Gasteiger partial charge in [-0.3, -0.25) is 19.3 Å². The Morgan fingerprint density at radius 2 is 1.69 bits per heavy atom. The lowest BCUT2D eigenvalue weighted by Crippen LogP contribution is -2.36. The molecule has 7 nitrogen and oxygen atoms in total. The van der Waals surface area contributed by atoms with Crippen molar-refractivity contribution < 1.29 is 37.0 Å². The number of ether oxygens (including phenoxy) is 2. The van der Waals surface area contributed by atoms with Crippen molar-refractivity contribution in [2.24, 2.45) is 0 Å². The van der Waals surface area contributed by atoms with Crippen molar-refractivity contribution in [3.05, 3.63) is 107 Å². The van der Waals surface area contributed by atoms with E-state index in [9.17, 15) is 27.6 Å². The highest BCUT2D eigenvalue weighted by molar-refractivity contribution is 8.18. The van der Waals surface area contributed by atoms with Crippen LogP contribution in [0.25, 0.3) is 16.8 Å². The highest BCUT2D eigenvalue weighted by Crippen LogP contribution is 2.36. The first kappa shape index (κ1) is 28.7. The van der Waals surface area contributed by atoms with Gasteiger partial charge in [-0.1, -0.05) is 60.7 Å². The van der Waals surface area contributed by atoms with Gasteiger partial charge in [0.25, 0.3) is 11.1 Å². The molecule has 1 saturated heterocycles. The van der Waals surface area contributed by atoms with Gasteiger partial charge in [0.05, 0.1) is 23.3 Å². The number of carbonyl (C=O) groups is 3. The second kappa shape index (κ2) is 12.0. The summed E-state index contributed by atoms with van der Waals surface area (Å²) in [6, 6.07) is 23.5. The third-order valence-electron chi connectivity index (χ3n) is 6.44. The molecule has 5 rings (SSSR count). The molecule has 1 aliphatic rings.